The van der Waals surface area contributed by atoms with Gasteiger partial charge < -0.3 is 9.88 Å². The van der Waals surface area contributed by atoms with Crippen LogP contribution in [-0.4, -0.2) is 82.6 Å². The average Bonchev–Trinajstić information content (AvgIpc) is 3.62. The second-order valence-corrected chi connectivity index (χ2v) is 9.66. The molecule has 1 saturated heterocycles. The van der Waals surface area contributed by atoms with E-state index in [9.17, 15) is 23.2 Å². The smallest absolute Gasteiger partial charge is 0.346 e. The highest BCUT2D eigenvalue weighted by atomic mass is 19.4. The lowest BCUT2D eigenvalue weighted by Gasteiger charge is -2.52. The van der Waals surface area contributed by atoms with Crippen molar-refractivity contribution in [1.29, 1.82) is 5.26 Å². The van der Waals surface area contributed by atoms with Crippen LogP contribution in [0.1, 0.15) is 36.9 Å². The maximum atomic E-state index is 13.0. The molecule has 14 heteroatoms. The second kappa shape index (κ2) is 9.42. The van der Waals surface area contributed by atoms with Gasteiger partial charge in [-0.1, -0.05) is 0 Å². The first kappa shape index (κ1) is 23.7. The molecular weight excluding hydrogens is 513 g/mol. The number of aromatic nitrogens is 7. The van der Waals surface area contributed by atoms with Gasteiger partial charge in [0.2, 0.25) is 5.82 Å². The molecule has 0 spiro atoms. The number of carbonyl (C=O) groups excluding carboxylic acids is 1. The van der Waals surface area contributed by atoms with E-state index in [1.807, 2.05) is 17.2 Å². The Balaban J connectivity index is 1.14. The summed E-state index contributed by atoms with van der Waals surface area (Å²) in [6, 6.07) is 4.32. The van der Waals surface area contributed by atoms with Crippen LogP contribution in [0.15, 0.2) is 43.2 Å². The topological polar surface area (TPSA) is 133 Å². The Morgan fingerprint density at radius 3 is 2.74 bits per heavy atom. The lowest BCUT2D eigenvalue weighted by molar-refractivity contribution is -0.145. The molecular formula is C25H23F3N10O. The van der Waals surface area contributed by atoms with E-state index in [0.29, 0.717) is 37.3 Å². The number of nitriles is 1. The molecule has 1 amide bonds. The molecule has 200 valence electrons. The molecule has 0 unspecified atom stereocenters. The van der Waals surface area contributed by atoms with Gasteiger partial charge in [0.05, 0.1) is 29.9 Å². The average molecular weight is 538 g/mol. The number of aromatic amines is 1. The highest BCUT2D eigenvalue weighted by molar-refractivity contribution is 5.92. The van der Waals surface area contributed by atoms with Crippen molar-refractivity contribution in [3.05, 3.63) is 54.8 Å². The Hall–Kier alpha value is -4.38. The molecule has 0 radical (unpaired) electrons. The Labute approximate surface area is 221 Å². The molecule has 1 saturated carbocycles. The monoisotopic (exact) mass is 537 g/mol. The summed E-state index contributed by atoms with van der Waals surface area (Å²) >= 11 is 0. The van der Waals surface area contributed by atoms with E-state index in [1.54, 1.807) is 17.1 Å². The zero-order valence-electron chi connectivity index (χ0n) is 21.6. The molecule has 2 aliphatic rings. The van der Waals surface area contributed by atoms with Gasteiger partial charge in [-0.2, -0.15) is 23.5 Å². The van der Waals surface area contributed by atoms with E-state index in [0.717, 1.165) is 17.1 Å². The maximum Gasteiger partial charge on any atom is 0.451 e. The molecule has 5 heterocycles. The lowest BCUT2D eigenvalue weighted by Crippen LogP contribution is -2.60. The molecule has 1 aliphatic carbocycles. The van der Waals surface area contributed by atoms with E-state index in [4.69, 9.17) is 1.37 Å². The molecule has 2 fully saturated rings. The van der Waals surface area contributed by atoms with Crippen LogP contribution < -0.4 is 0 Å². The fourth-order valence-corrected chi connectivity index (χ4v) is 5.26. The predicted octanol–water partition coefficient (Wildman–Crippen LogP) is 2.86. The number of alkyl halides is 3. The van der Waals surface area contributed by atoms with E-state index < -0.39 is 29.5 Å². The first-order valence-electron chi connectivity index (χ1n) is 12.8. The van der Waals surface area contributed by atoms with Crippen LogP contribution in [0.5, 0.6) is 0 Å². The van der Waals surface area contributed by atoms with Crippen molar-refractivity contribution in [3.63, 3.8) is 0 Å². The number of hydrogen-bond donors (Lipinski definition) is 1. The minimum atomic E-state index is -4.74. The summed E-state index contributed by atoms with van der Waals surface area (Å²) in [4.78, 5) is 34.5. The number of rotatable bonds is 5. The van der Waals surface area contributed by atoms with Crippen molar-refractivity contribution >= 4 is 16.9 Å². The molecule has 0 atom stereocenters. The summed E-state index contributed by atoms with van der Waals surface area (Å²) in [6.07, 6.45) is 3.85. The predicted molar refractivity (Wildman–Crippen MR) is 131 cm³/mol. The van der Waals surface area contributed by atoms with Gasteiger partial charge in [-0.05, 0) is 25.0 Å². The van der Waals surface area contributed by atoms with Gasteiger partial charge in [-0.15, -0.1) is 0 Å². The third-order valence-electron chi connectivity index (χ3n) is 7.31. The summed E-state index contributed by atoms with van der Waals surface area (Å²) in [6.45, 7) is 1.21. The van der Waals surface area contributed by atoms with Gasteiger partial charge >= 0.3 is 6.18 Å². The van der Waals surface area contributed by atoms with Crippen molar-refractivity contribution in [2.75, 3.05) is 26.2 Å². The number of nitrogens with one attached hydrogen (secondary N) is 1. The van der Waals surface area contributed by atoms with Crippen LogP contribution in [0, 0.1) is 11.3 Å². The number of fused-ring (bicyclic) bond motifs is 1. The first-order chi connectivity index (χ1) is 19.1. The third kappa shape index (κ3) is 4.48. The quantitative estimate of drug-likeness (QED) is 0.411. The van der Waals surface area contributed by atoms with Gasteiger partial charge in [0.1, 0.15) is 17.7 Å². The molecule has 4 aromatic rings. The molecule has 1 aliphatic heterocycles. The van der Waals surface area contributed by atoms with Gasteiger partial charge in [-0.3, -0.25) is 14.4 Å². The number of halogens is 3. The zero-order valence-corrected chi connectivity index (χ0v) is 20.6. The van der Waals surface area contributed by atoms with Crippen molar-refractivity contribution < 1.29 is 19.3 Å². The van der Waals surface area contributed by atoms with Gasteiger partial charge in [0, 0.05) is 63.1 Å². The van der Waals surface area contributed by atoms with E-state index in [1.165, 1.54) is 17.3 Å². The van der Waals surface area contributed by atoms with Gasteiger partial charge in [-0.25, -0.2) is 19.9 Å². The standard InChI is InChI=1S/C25H23F3N10O/c26-25(27,28)23-31-6-2-19(35-23)22(39)37-9-7-36(8-10-37)17-11-24(12-17,3-4-29)38-14-16(13-34-38)20-18-1-5-30-21(18)33-15-32-20/h1-2,5-6,13-15,17H,3,7-12H2,(H,30,32,33)/t17-,24-/i17D. The van der Waals surface area contributed by atoms with E-state index in [-0.39, 0.29) is 25.2 Å². The minimum Gasteiger partial charge on any atom is -0.346 e. The highest BCUT2D eigenvalue weighted by Crippen LogP contribution is 2.45. The third-order valence-corrected chi connectivity index (χ3v) is 7.31. The van der Waals surface area contributed by atoms with Gasteiger partial charge in [0.25, 0.3) is 5.91 Å². The largest absolute Gasteiger partial charge is 0.451 e. The number of H-pyrrole nitrogens is 1. The van der Waals surface area contributed by atoms with Crippen LogP contribution in [0.25, 0.3) is 22.3 Å². The highest BCUT2D eigenvalue weighted by Gasteiger charge is 2.49. The van der Waals surface area contributed by atoms with Crippen molar-refractivity contribution in [3.8, 4) is 17.3 Å². The number of amides is 1. The van der Waals surface area contributed by atoms with Crippen LogP contribution >= 0.6 is 0 Å². The second-order valence-electron chi connectivity index (χ2n) is 9.66. The van der Waals surface area contributed by atoms with Crippen LogP contribution in [0.3, 0.4) is 0 Å². The molecule has 11 nitrogen and oxygen atoms in total. The molecule has 4 aromatic heterocycles. The number of nitrogens with zero attached hydrogens (tertiary/aromatic N) is 9. The Bertz CT molecular complexity index is 1610. The molecule has 0 aromatic carbocycles. The zero-order chi connectivity index (χ0) is 28.1. The van der Waals surface area contributed by atoms with Crippen LogP contribution in [0.2, 0.25) is 0 Å². The van der Waals surface area contributed by atoms with Crippen LogP contribution in [0.4, 0.5) is 13.2 Å². The van der Waals surface area contributed by atoms with Gasteiger partial charge in [0.15, 0.2) is 0 Å². The number of hydrogen-bond acceptors (Lipinski definition) is 8. The summed E-state index contributed by atoms with van der Waals surface area (Å²) in [5.41, 5.74) is 1.21. The number of carbonyl (C=O) groups is 1. The summed E-state index contributed by atoms with van der Waals surface area (Å²) in [7, 11) is 0. The van der Waals surface area contributed by atoms with E-state index in [2.05, 4.69) is 36.1 Å². The Morgan fingerprint density at radius 2 is 2.00 bits per heavy atom. The first-order valence-corrected chi connectivity index (χ1v) is 12.3. The van der Waals surface area contributed by atoms with Crippen molar-refractivity contribution in [1.82, 2.24) is 44.5 Å². The molecule has 0 bridgehead atoms. The SMILES string of the molecule is [2H][C@]1(N2CCN(C(=O)c3ccnc(C(F)(F)F)n3)CC2)C[C@](CC#N)(n2cc(-c3ncnc4[nH]ccc34)cn2)C1. The summed E-state index contributed by atoms with van der Waals surface area (Å²) < 4.78 is 49.8. The van der Waals surface area contributed by atoms with Crippen molar-refractivity contribution in [2.45, 2.75) is 37.0 Å². The van der Waals surface area contributed by atoms with E-state index >= 15 is 0 Å². The normalized spacial score (nSPS) is 24.3. The van der Waals surface area contributed by atoms with Crippen LogP contribution in [-0.2, 0) is 11.7 Å². The maximum absolute atomic E-state index is 13.0. The number of piperazine rings is 1. The van der Waals surface area contributed by atoms with Crippen molar-refractivity contribution in [2.24, 2.45) is 0 Å². The summed E-state index contributed by atoms with van der Waals surface area (Å²) in [5.74, 6) is -1.96. The Kier molecular flexibility index (Phi) is 5.73. The fraction of sp³-hybridized carbons (Fsp3) is 0.400. The fourth-order valence-electron chi connectivity index (χ4n) is 5.26. The molecule has 39 heavy (non-hydrogen) atoms. The minimum absolute atomic E-state index is 0.172. The Morgan fingerprint density at radius 1 is 1.21 bits per heavy atom. The lowest BCUT2D eigenvalue weighted by atomic mass is 9.70. The summed E-state index contributed by atoms with van der Waals surface area (Å²) in [5, 5.41) is 15.0. The molecule has 1 N–H and O–H groups in total. The molecule has 6 rings (SSSR count).